The molecule has 1 aromatic rings. The molecule has 1 rings (SSSR count). The second kappa shape index (κ2) is 8.12. The average molecular weight is 311 g/mol. The van der Waals surface area contributed by atoms with Crippen molar-refractivity contribution in [2.45, 2.75) is 38.4 Å². The number of carbonyl (C=O) groups is 1. The Kier molecular flexibility index (Phi) is 6.81. The number of nitrogens with zero attached hydrogens (tertiary/aromatic N) is 1. The van der Waals surface area contributed by atoms with Gasteiger partial charge in [-0.3, -0.25) is 0 Å². The molecule has 0 radical (unpaired) electrons. The number of nitrogens with one attached hydrogen (secondary N) is 1. The highest BCUT2D eigenvalue weighted by Crippen LogP contribution is 2.30. The third-order valence-corrected chi connectivity index (χ3v) is 5.33. The minimum absolute atomic E-state index is 0.174. The molecule has 3 N–H and O–H groups in total. The number of hydrogen-bond acceptors (Lipinski definition) is 6. The highest BCUT2D eigenvalue weighted by atomic mass is 32.2. The molecule has 0 saturated carbocycles. The number of ether oxygens (including phenoxy) is 1. The predicted octanol–water partition coefficient (Wildman–Crippen LogP) is 3.17. The van der Waals surface area contributed by atoms with Crippen LogP contribution in [0.3, 0.4) is 0 Å². The van der Waals surface area contributed by atoms with Gasteiger partial charge in [-0.05, 0) is 32.1 Å². The van der Waals surface area contributed by atoms with E-state index < -0.39 is 5.97 Å². The van der Waals surface area contributed by atoms with Crippen molar-refractivity contribution >= 4 is 29.2 Å². The number of carbonyl (C=O) groups excluding carboxylic acids is 1. The van der Waals surface area contributed by atoms with Crippen molar-refractivity contribution in [3.63, 3.8) is 0 Å². The highest BCUT2D eigenvalue weighted by molar-refractivity contribution is 8.00. The average Bonchev–Trinajstić information content (AvgIpc) is 2.51. The zero-order valence-corrected chi connectivity index (χ0v) is 14.0. The Labute approximate surface area is 131 Å². The second-order valence-corrected chi connectivity index (χ2v) is 6.10. The first-order chi connectivity index (χ1) is 10.0. The number of esters is 1. The lowest BCUT2D eigenvalue weighted by Gasteiger charge is -2.30. The summed E-state index contributed by atoms with van der Waals surface area (Å²) < 4.78 is 5.17. The lowest BCUT2D eigenvalue weighted by atomic mass is 10.0. The first-order valence-corrected chi connectivity index (χ1v) is 8.46. The molecule has 118 valence electrons. The monoisotopic (exact) mass is 311 g/mol. The summed E-state index contributed by atoms with van der Waals surface area (Å²) in [5.74, 6) is 0.232. The molecular formula is C15H25N3O2S. The highest BCUT2D eigenvalue weighted by Gasteiger charge is 2.24. The number of hydrogen-bond donors (Lipinski definition) is 2. The van der Waals surface area contributed by atoms with Crippen molar-refractivity contribution in [2.75, 3.05) is 30.5 Å². The van der Waals surface area contributed by atoms with Crippen molar-refractivity contribution in [3.05, 3.63) is 17.8 Å². The Bertz CT molecular complexity index is 468. The molecule has 1 aromatic heterocycles. The molecule has 0 bridgehead atoms. The fourth-order valence-corrected chi connectivity index (χ4v) is 2.85. The summed E-state index contributed by atoms with van der Waals surface area (Å²) in [7, 11) is 0. The number of pyridine rings is 1. The SMILES string of the molecule is CCOC(=O)c1cc(NCC(CC)(CC)SC)ncc1N. The fraction of sp³-hybridized carbons (Fsp3) is 0.600. The second-order valence-electron chi connectivity index (χ2n) is 4.83. The minimum Gasteiger partial charge on any atom is -0.462 e. The summed E-state index contributed by atoms with van der Waals surface area (Å²) in [6.45, 7) is 7.25. The van der Waals surface area contributed by atoms with E-state index in [1.807, 2.05) is 11.8 Å². The van der Waals surface area contributed by atoms with Gasteiger partial charge >= 0.3 is 5.97 Å². The van der Waals surface area contributed by atoms with E-state index in [2.05, 4.69) is 30.4 Å². The van der Waals surface area contributed by atoms with Crippen LogP contribution in [-0.4, -0.2) is 35.1 Å². The smallest absolute Gasteiger partial charge is 0.340 e. The Morgan fingerprint density at radius 3 is 2.62 bits per heavy atom. The van der Waals surface area contributed by atoms with E-state index in [-0.39, 0.29) is 4.75 Å². The van der Waals surface area contributed by atoms with Gasteiger partial charge in [0.05, 0.1) is 24.1 Å². The van der Waals surface area contributed by atoms with E-state index in [1.165, 1.54) is 6.20 Å². The van der Waals surface area contributed by atoms with Crippen LogP contribution in [-0.2, 0) is 4.74 Å². The van der Waals surface area contributed by atoms with E-state index in [0.29, 0.717) is 23.7 Å². The number of nitrogens with two attached hydrogens (primary N) is 1. The predicted molar refractivity (Wildman–Crippen MR) is 89.9 cm³/mol. The molecule has 0 fully saturated rings. The quantitative estimate of drug-likeness (QED) is 0.718. The number of rotatable bonds is 8. The molecule has 5 nitrogen and oxygen atoms in total. The molecule has 0 amide bonds. The van der Waals surface area contributed by atoms with Crippen LogP contribution in [0.4, 0.5) is 11.5 Å². The van der Waals surface area contributed by atoms with Gasteiger partial charge in [-0.1, -0.05) is 13.8 Å². The molecule has 0 aliphatic carbocycles. The summed E-state index contributed by atoms with van der Waals surface area (Å²) in [4.78, 5) is 16.1. The van der Waals surface area contributed by atoms with Crippen molar-refractivity contribution in [1.82, 2.24) is 4.98 Å². The molecule has 0 saturated heterocycles. The molecule has 0 aliphatic heterocycles. The Morgan fingerprint density at radius 2 is 2.10 bits per heavy atom. The Balaban J connectivity index is 2.85. The number of anilines is 2. The number of thioether (sulfide) groups is 1. The molecule has 0 spiro atoms. The third-order valence-electron chi connectivity index (χ3n) is 3.74. The molecule has 0 aliphatic rings. The van der Waals surface area contributed by atoms with Gasteiger partial charge in [0.25, 0.3) is 0 Å². The molecule has 0 atom stereocenters. The maximum absolute atomic E-state index is 11.8. The van der Waals surface area contributed by atoms with Gasteiger partial charge in [0.2, 0.25) is 0 Å². The van der Waals surface area contributed by atoms with E-state index in [0.717, 1.165) is 19.4 Å². The van der Waals surface area contributed by atoms with E-state index in [1.54, 1.807) is 13.0 Å². The zero-order valence-electron chi connectivity index (χ0n) is 13.2. The van der Waals surface area contributed by atoms with Gasteiger partial charge in [0, 0.05) is 11.3 Å². The van der Waals surface area contributed by atoms with Crippen molar-refractivity contribution in [2.24, 2.45) is 0 Å². The third kappa shape index (κ3) is 4.52. The first kappa shape index (κ1) is 17.6. The summed E-state index contributed by atoms with van der Waals surface area (Å²) in [5.41, 5.74) is 6.48. The number of aromatic nitrogens is 1. The van der Waals surface area contributed by atoms with Gasteiger partial charge in [-0.25, -0.2) is 9.78 Å². The molecule has 6 heteroatoms. The van der Waals surface area contributed by atoms with Gasteiger partial charge in [0.1, 0.15) is 5.82 Å². The normalized spacial score (nSPS) is 11.2. The standard InChI is InChI=1S/C15H25N3O2S/c1-5-15(6-2,21-4)10-18-13-8-11(12(16)9-17-13)14(19)20-7-3/h8-9H,5-7,10,16H2,1-4H3,(H,17,18). The Hall–Kier alpha value is -1.43. The number of nitrogen functional groups attached to an aromatic ring is 1. The fourth-order valence-electron chi connectivity index (χ4n) is 2.06. The van der Waals surface area contributed by atoms with E-state index in [9.17, 15) is 4.79 Å². The topological polar surface area (TPSA) is 77.2 Å². The van der Waals surface area contributed by atoms with Crippen LogP contribution >= 0.6 is 11.8 Å². The van der Waals surface area contributed by atoms with Crippen LogP contribution in [0, 0.1) is 0 Å². The van der Waals surface area contributed by atoms with Crippen LogP contribution in [0.2, 0.25) is 0 Å². The van der Waals surface area contributed by atoms with Gasteiger partial charge in [0.15, 0.2) is 0 Å². The minimum atomic E-state index is -0.414. The van der Waals surface area contributed by atoms with Crippen molar-refractivity contribution in [1.29, 1.82) is 0 Å². The Morgan fingerprint density at radius 1 is 1.43 bits per heavy atom. The van der Waals surface area contributed by atoms with Crippen molar-refractivity contribution < 1.29 is 9.53 Å². The lowest BCUT2D eigenvalue weighted by Crippen LogP contribution is -2.32. The molecule has 21 heavy (non-hydrogen) atoms. The first-order valence-electron chi connectivity index (χ1n) is 7.23. The summed E-state index contributed by atoms with van der Waals surface area (Å²) in [6, 6.07) is 1.66. The summed E-state index contributed by atoms with van der Waals surface area (Å²) >= 11 is 1.85. The van der Waals surface area contributed by atoms with Crippen LogP contribution in [0.25, 0.3) is 0 Å². The van der Waals surface area contributed by atoms with Crippen LogP contribution in [0.5, 0.6) is 0 Å². The maximum atomic E-state index is 11.8. The van der Waals surface area contributed by atoms with Crippen LogP contribution < -0.4 is 11.1 Å². The van der Waals surface area contributed by atoms with Gasteiger partial charge in [-0.15, -0.1) is 0 Å². The van der Waals surface area contributed by atoms with Crippen LogP contribution in [0.1, 0.15) is 44.0 Å². The maximum Gasteiger partial charge on any atom is 0.340 e. The van der Waals surface area contributed by atoms with Crippen LogP contribution in [0.15, 0.2) is 12.3 Å². The van der Waals surface area contributed by atoms with Gasteiger partial charge < -0.3 is 15.8 Å². The lowest BCUT2D eigenvalue weighted by molar-refractivity contribution is 0.0527. The van der Waals surface area contributed by atoms with Crippen molar-refractivity contribution in [3.8, 4) is 0 Å². The summed E-state index contributed by atoms with van der Waals surface area (Å²) in [6.07, 6.45) is 5.75. The molecular weight excluding hydrogens is 286 g/mol. The molecule has 0 unspecified atom stereocenters. The van der Waals surface area contributed by atoms with E-state index >= 15 is 0 Å². The molecule has 1 heterocycles. The zero-order chi connectivity index (χ0) is 15.9. The largest absolute Gasteiger partial charge is 0.462 e. The summed E-state index contributed by atoms with van der Waals surface area (Å²) in [5, 5.41) is 3.31. The van der Waals surface area contributed by atoms with Gasteiger partial charge in [-0.2, -0.15) is 11.8 Å². The molecule has 0 aromatic carbocycles. The van der Waals surface area contributed by atoms with E-state index in [4.69, 9.17) is 10.5 Å².